The summed E-state index contributed by atoms with van der Waals surface area (Å²) < 4.78 is 16.2. The Labute approximate surface area is 186 Å². The maximum Gasteiger partial charge on any atom is 0.230 e. The van der Waals surface area contributed by atoms with E-state index in [0.717, 1.165) is 16.5 Å². The summed E-state index contributed by atoms with van der Waals surface area (Å²) in [6.45, 7) is 1.39. The number of amides is 1. The van der Waals surface area contributed by atoms with Crippen LogP contribution in [0, 0.1) is 5.82 Å². The Kier molecular flexibility index (Phi) is 6.17. The van der Waals surface area contributed by atoms with Crippen LogP contribution in [0.4, 0.5) is 15.2 Å². The molecule has 0 aliphatic heterocycles. The Morgan fingerprint density at radius 1 is 1.27 bits per heavy atom. The molecule has 0 fully saturated rings. The van der Waals surface area contributed by atoms with Gasteiger partial charge in [0.05, 0.1) is 11.4 Å². The quantitative estimate of drug-likeness (QED) is 0.328. The normalized spacial score (nSPS) is 10.9. The average molecular weight is 459 g/mol. The molecule has 0 aliphatic rings. The molecule has 4 rings (SSSR count). The van der Waals surface area contributed by atoms with Crippen LogP contribution in [0.2, 0.25) is 5.02 Å². The Balaban J connectivity index is 1.53. The van der Waals surface area contributed by atoms with Gasteiger partial charge in [-0.05, 0) is 30.3 Å². The van der Waals surface area contributed by atoms with Crippen LogP contribution in [0.15, 0.2) is 71.5 Å². The number of carbonyl (C=O) groups excluding carboxylic acids is 1. The van der Waals surface area contributed by atoms with E-state index in [9.17, 15) is 9.18 Å². The van der Waals surface area contributed by atoms with Crippen molar-refractivity contribution >= 4 is 51.4 Å². The van der Waals surface area contributed by atoms with Crippen molar-refractivity contribution in [1.82, 2.24) is 14.5 Å². The van der Waals surface area contributed by atoms with Gasteiger partial charge in [-0.3, -0.25) is 14.3 Å². The first-order chi connectivity index (χ1) is 14.5. The van der Waals surface area contributed by atoms with Crippen molar-refractivity contribution in [1.29, 1.82) is 0 Å². The van der Waals surface area contributed by atoms with Gasteiger partial charge >= 0.3 is 0 Å². The molecule has 152 valence electrons. The van der Waals surface area contributed by atoms with Crippen LogP contribution in [0.1, 0.15) is 12.6 Å². The van der Waals surface area contributed by atoms with Gasteiger partial charge in [0.15, 0.2) is 10.3 Å². The van der Waals surface area contributed by atoms with Crippen molar-refractivity contribution in [3.8, 4) is 5.69 Å². The van der Waals surface area contributed by atoms with Crippen molar-refractivity contribution in [3.05, 3.63) is 82.8 Å². The minimum Gasteiger partial charge on any atom is -0.295 e. The molecule has 2 heterocycles. The molecule has 4 aromatic rings. The number of hydrogen-bond donors (Lipinski definition) is 0. The molecule has 0 spiro atoms. The highest BCUT2D eigenvalue weighted by Gasteiger charge is 2.21. The second-order valence-electron chi connectivity index (χ2n) is 6.28. The fraction of sp³-hybridized carbons (Fsp3) is 0.0952. The molecule has 0 saturated carbocycles. The van der Waals surface area contributed by atoms with E-state index in [-0.39, 0.29) is 11.6 Å². The molecular formula is C21H16ClFN4OS2. The van der Waals surface area contributed by atoms with E-state index >= 15 is 0 Å². The fourth-order valence-corrected chi connectivity index (χ4v) is 4.90. The summed E-state index contributed by atoms with van der Waals surface area (Å²) in [5, 5.41) is 3.75. The first kappa shape index (κ1) is 20.6. The van der Waals surface area contributed by atoms with Gasteiger partial charge < -0.3 is 0 Å². The van der Waals surface area contributed by atoms with Gasteiger partial charge in [0.2, 0.25) is 5.91 Å². The van der Waals surface area contributed by atoms with E-state index in [4.69, 9.17) is 11.6 Å². The molecule has 30 heavy (non-hydrogen) atoms. The number of carbonyl (C=O) groups is 1. The zero-order valence-corrected chi connectivity index (χ0v) is 18.2. The van der Waals surface area contributed by atoms with E-state index in [1.165, 1.54) is 41.0 Å². The summed E-state index contributed by atoms with van der Waals surface area (Å²) in [6.07, 6.45) is 3.60. The lowest BCUT2D eigenvalue weighted by Crippen LogP contribution is -2.23. The molecule has 0 N–H and O–H groups in total. The number of thiazole rings is 1. The second kappa shape index (κ2) is 8.99. The molecule has 0 radical (unpaired) electrons. The van der Waals surface area contributed by atoms with Crippen LogP contribution < -0.4 is 4.90 Å². The summed E-state index contributed by atoms with van der Waals surface area (Å²) in [6, 6.07) is 13.7. The topological polar surface area (TPSA) is 51.0 Å². The molecule has 0 unspecified atom stereocenters. The third-order valence-corrected chi connectivity index (χ3v) is 6.29. The van der Waals surface area contributed by atoms with Gasteiger partial charge in [0.25, 0.3) is 0 Å². The van der Waals surface area contributed by atoms with Gasteiger partial charge in [0, 0.05) is 41.2 Å². The summed E-state index contributed by atoms with van der Waals surface area (Å²) in [5.74, 6) is -0.218. The van der Waals surface area contributed by atoms with Crippen molar-refractivity contribution < 1.29 is 9.18 Å². The number of aromatic nitrogens is 3. The van der Waals surface area contributed by atoms with Crippen molar-refractivity contribution in [2.45, 2.75) is 17.8 Å². The van der Waals surface area contributed by atoms with E-state index in [1.807, 2.05) is 40.4 Å². The van der Waals surface area contributed by atoms with Gasteiger partial charge in [-0.1, -0.05) is 41.6 Å². The molecule has 9 heteroatoms. The largest absolute Gasteiger partial charge is 0.295 e. The number of para-hydroxylation sites is 1. The molecule has 1 amide bonds. The third kappa shape index (κ3) is 4.40. The van der Waals surface area contributed by atoms with E-state index in [1.54, 1.807) is 24.4 Å². The highest BCUT2D eigenvalue weighted by molar-refractivity contribution is 7.98. The average Bonchev–Trinajstić information content (AvgIpc) is 3.37. The second-order valence-corrected chi connectivity index (χ2v) is 8.49. The van der Waals surface area contributed by atoms with Gasteiger partial charge in [-0.25, -0.2) is 14.4 Å². The van der Waals surface area contributed by atoms with Crippen molar-refractivity contribution in [2.24, 2.45) is 0 Å². The van der Waals surface area contributed by atoms with Crippen LogP contribution in [-0.2, 0) is 10.5 Å². The summed E-state index contributed by atoms with van der Waals surface area (Å²) in [4.78, 5) is 22.4. The lowest BCUT2D eigenvalue weighted by molar-refractivity contribution is -0.115. The maximum absolute atomic E-state index is 14.2. The van der Waals surface area contributed by atoms with Crippen LogP contribution in [0.5, 0.6) is 0 Å². The predicted octanol–water partition coefficient (Wildman–Crippen LogP) is 6.10. The van der Waals surface area contributed by atoms with Crippen LogP contribution in [0.3, 0.4) is 0 Å². The van der Waals surface area contributed by atoms with Gasteiger partial charge in [0.1, 0.15) is 5.82 Å². The molecule has 2 aromatic carbocycles. The summed E-state index contributed by atoms with van der Waals surface area (Å²) in [7, 11) is 0. The summed E-state index contributed by atoms with van der Waals surface area (Å²) >= 11 is 8.91. The van der Waals surface area contributed by atoms with Crippen LogP contribution in [0.25, 0.3) is 5.69 Å². The minimum atomic E-state index is -0.470. The van der Waals surface area contributed by atoms with E-state index < -0.39 is 5.82 Å². The fourth-order valence-electron chi connectivity index (χ4n) is 2.86. The molecule has 2 aromatic heterocycles. The first-order valence-corrected chi connectivity index (χ1v) is 11.2. The minimum absolute atomic E-state index is 0.190. The van der Waals surface area contributed by atoms with Crippen LogP contribution >= 0.6 is 34.7 Å². The zero-order chi connectivity index (χ0) is 21.1. The van der Waals surface area contributed by atoms with Crippen molar-refractivity contribution in [3.63, 3.8) is 0 Å². The number of hydrogen-bond acceptors (Lipinski definition) is 5. The monoisotopic (exact) mass is 458 g/mol. The molecule has 0 bridgehead atoms. The Morgan fingerprint density at radius 2 is 2.10 bits per heavy atom. The highest BCUT2D eigenvalue weighted by atomic mass is 35.5. The van der Waals surface area contributed by atoms with Gasteiger partial charge in [-0.2, -0.15) is 0 Å². The smallest absolute Gasteiger partial charge is 0.230 e. The Morgan fingerprint density at radius 3 is 2.87 bits per heavy atom. The standard InChI is InChI=1S/C21H16ClFN4OS2/c1-14(28)27(19-8-3-2-7-18(19)23)21-25-16(13-30-21)12-29-20-24-9-10-26(20)17-6-4-5-15(22)11-17/h2-11,13H,12H2,1H3. The SMILES string of the molecule is CC(=O)N(c1nc(CSc2nccn2-c2cccc(Cl)c2)cs1)c1ccccc1F. The number of benzene rings is 2. The molecule has 0 aliphatic carbocycles. The van der Waals surface area contributed by atoms with E-state index in [2.05, 4.69) is 9.97 Å². The van der Waals surface area contributed by atoms with Crippen molar-refractivity contribution in [2.75, 3.05) is 4.90 Å². The Hall–Kier alpha value is -2.68. The number of imidazole rings is 1. The first-order valence-electron chi connectivity index (χ1n) is 8.94. The number of nitrogens with zero attached hydrogens (tertiary/aromatic N) is 4. The summed E-state index contributed by atoms with van der Waals surface area (Å²) in [5.41, 5.74) is 1.89. The number of halogens is 2. The molecule has 0 saturated heterocycles. The van der Waals surface area contributed by atoms with Crippen LogP contribution in [-0.4, -0.2) is 20.4 Å². The Bertz CT molecular complexity index is 1190. The lowest BCUT2D eigenvalue weighted by Gasteiger charge is -2.18. The number of thioether (sulfide) groups is 1. The molecule has 0 atom stereocenters. The highest BCUT2D eigenvalue weighted by Crippen LogP contribution is 2.32. The third-order valence-electron chi connectivity index (χ3n) is 4.18. The number of anilines is 2. The maximum atomic E-state index is 14.2. The predicted molar refractivity (Wildman–Crippen MR) is 119 cm³/mol. The number of rotatable bonds is 6. The van der Waals surface area contributed by atoms with Gasteiger partial charge in [-0.15, -0.1) is 11.3 Å². The van der Waals surface area contributed by atoms with E-state index in [0.29, 0.717) is 15.9 Å². The molecule has 5 nitrogen and oxygen atoms in total. The molecular weight excluding hydrogens is 443 g/mol. The zero-order valence-electron chi connectivity index (χ0n) is 15.8. The lowest BCUT2D eigenvalue weighted by atomic mass is 10.3.